The van der Waals surface area contributed by atoms with E-state index >= 15 is 0 Å². The highest BCUT2D eigenvalue weighted by atomic mass is 16.4. The van der Waals surface area contributed by atoms with Crippen LogP contribution in [0.5, 0.6) is 0 Å². The van der Waals surface area contributed by atoms with Gasteiger partial charge in [0.25, 0.3) is 0 Å². The van der Waals surface area contributed by atoms with Crippen molar-refractivity contribution in [3.63, 3.8) is 0 Å². The lowest BCUT2D eigenvalue weighted by atomic mass is 9.82. The number of aryl methyl sites for hydroxylation is 2. The third-order valence-electron chi connectivity index (χ3n) is 6.13. The molecule has 0 radical (unpaired) electrons. The number of hydrogen-bond acceptors (Lipinski definition) is 7. The van der Waals surface area contributed by atoms with Crippen molar-refractivity contribution in [2.24, 2.45) is 22.2 Å². The molecule has 0 spiro atoms. The van der Waals surface area contributed by atoms with Crippen molar-refractivity contribution >= 4 is 17.5 Å². The average Bonchev–Trinajstić information content (AvgIpc) is 2.76. The molecule has 3 rings (SSSR count). The van der Waals surface area contributed by atoms with Crippen molar-refractivity contribution in [2.75, 3.05) is 18.0 Å². The van der Waals surface area contributed by atoms with Gasteiger partial charge in [0.1, 0.15) is 0 Å². The number of nitrogens with two attached hydrogens (primary N) is 2. The van der Waals surface area contributed by atoms with E-state index in [0.717, 1.165) is 65.3 Å². The van der Waals surface area contributed by atoms with Crippen molar-refractivity contribution in [1.82, 2.24) is 10.4 Å². The minimum atomic E-state index is -0.855. The number of nitrogens with one attached hydrogen (secondary N) is 1. The van der Waals surface area contributed by atoms with E-state index in [1.54, 1.807) is 20.8 Å². The molecule has 2 heterocycles. The number of hydrazone groups is 1. The zero-order chi connectivity index (χ0) is 27.3. The summed E-state index contributed by atoms with van der Waals surface area (Å²) in [4.78, 5) is 18.7. The van der Waals surface area contributed by atoms with Gasteiger partial charge in [0, 0.05) is 41.2 Å². The Morgan fingerprint density at radius 2 is 1.67 bits per heavy atom. The number of carboxylic acid groups (broad SMARTS) is 1. The van der Waals surface area contributed by atoms with E-state index in [1.807, 2.05) is 38.1 Å². The van der Waals surface area contributed by atoms with Gasteiger partial charge in [-0.05, 0) is 58.4 Å². The number of hydrogen-bond donors (Lipinski definition) is 5. The predicted molar refractivity (Wildman–Crippen MR) is 146 cm³/mol. The summed E-state index contributed by atoms with van der Waals surface area (Å²) in [7, 11) is 0. The van der Waals surface area contributed by atoms with Gasteiger partial charge >= 0.3 is 5.97 Å². The van der Waals surface area contributed by atoms with E-state index in [2.05, 4.69) is 29.3 Å². The molecule has 36 heavy (non-hydrogen) atoms. The molecule has 198 valence electrons. The van der Waals surface area contributed by atoms with Crippen molar-refractivity contribution in [3.05, 3.63) is 46.8 Å². The Bertz CT molecular complexity index is 1070. The number of pyridine rings is 1. The first-order valence-corrected chi connectivity index (χ1v) is 12.2. The number of anilines is 1. The predicted octanol–water partition coefficient (Wildman–Crippen LogP) is 3.48. The molecule has 0 atom stereocenters. The van der Waals surface area contributed by atoms with Crippen LogP contribution >= 0.6 is 0 Å². The number of piperidine rings is 1. The number of rotatable bonds is 5. The summed E-state index contributed by atoms with van der Waals surface area (Å²) in [5.74, 6) is 10.4. The highest BCUT2D eigenvalue weighted by Gasteiger charge is 2.30. The maximum Gasteiger partial charge on any atom is 0.307 e. The van der Waals surface area contributed by atoms with Gasteiger partial charge in [0.15, 0.2) is 5.84 Å². The van der Waals surface area contributed by atoms with Gasteiger partial charge < -0.3 is 26.4 Å². The van der Waals surface area contributed by atoms with Gasteiger partial charge in [0.2, 0.25) is 0 Å². The summed E-state index contributed by atoms with van der Waals surface area (Å²) in [5, 5.41) is 21.8. The van der Waals surface area contributed by atoms with Gasteiger partial charge in [-0.25, -0.2) is 5.84 Å². The van der Waals surface area contributed by atoms with E-state index in [9.17, 15) is 9.90 Å². The molecule has 0 unspecified atom stereocenters. The van der Waals surface area contributed by atoms with E-state index in [0.29, 0.717) is 5.84 Å². The van der Waals surface area contributed by atoms with Crippen LogP contribution < -0.4 is 22.0 Å². The van der Waals surface area contributed by atoms with Gasteiger partial charge in [-0.2, -0.15) is 5.10 Å². The normalized spacial score (nSPS) is 15.7. The van der Waals surface area contributed by atoms with Crippen LogP contribution in [0.3, 0.4) is 0 Å². The monoisotopic (exact) mass is 498 g/mol. The SMILES string of the molecule is CC(C)(C)O.Cc1nc(C)c(-c2ccc(/C(=N/N)NN)cc2)c(N2CCC(C)(C)CC2)c1CC(=O)O. The zero-order valence-corrected chi connectivity index (χ0v) is 22.6. The molecule has 0 aliphatic carbocycles. The van der Waals surface area contributed by atoms with Crippen molar-refractivity contribution in [1.29, 1.82) is 0 Å². The largest absolute Gasteiger partial charge is 0.481 e. The fraction of sp³-hybridized carbons (Fsp3) is 0.519. The summed E-state index contributed by atoms with van der Waals surface area (Å²) in [5.41, 5.74) is 8.39. The molecule has 1 fully saturated rings. The van der Waals surface area contributed by atoms with Crippen LogP contribution in [0.4, 0.5) is 5.69 Å². The third kappa shape index (κ3) is 7.93. The van der Waals surface area contributed by atoms with Crippen molar-refractivity contribution in [3.8, 4) is 11.1 Å². The lowest BCUT2D eigenvalue weighted by molar-refractivity contribution is -0.136. The first kappa shape index (κ1) is 29.1. The molecule has 1 saturated heterocycles. The number of benzene rings is 1. The second kappa shape index (κ2) is 11.7. The standard InChI is InChI=1S/C23H32N6O2.C4H10O/c1-14-18(13-19(30)31)21(29-11-9-23(3,4)10-12-29)20(15(2)26-14)16-5-7-17(8-6-16)22(27-24)28-25;1-4(2,3)5/h5-8H,9-13,24-25H2,1-4H3,(H,27,28)(H,30,31);5H,1-3H3. The molecular weight excluding hydrogens is 456 g/mol. The first-order chi connectivity index (χ1) is 16.7. The number of aliphatic hydroxyl groups is 1. The molecule has 1 aliphatic rings. The number of nitrogens with zero attached hydrogens (tertiary/aromatic N) is 3. The zero-order valence-electron chi connectivity index (χ0n) is 22.6. The fourth-order valence-corrected chi connectivity index (χ4v) is 4.25. The van der Waals surface area contributed by atoms with Gasteiger partial charge in [-0.1, -0.05) is 38.1 Å². The Morgan fingerprint density at radius 3 is 2.11 bits per heavy atom. The number of hydrazine groups is 1. The minimum absolute atomic E-state index is 0.0551. The van der Waals surface area contributed by atoms with Crippen molar-refractivity contribution in [2.45, 2.75) is 73.3 Å². The lowest BCUT2D eigenvalue weighted by Gasteiger charge is -2.40. The van der Waals surface area contributed by atoms with E-state index in [1.165, 1.54) is 0 Å². The topological polar surface area (TPSA) is 150 Å². The van der Waals surface area contributed by atoms with Crippen LogP contribution in [0.25, 0.3) is 11.1 Å². The number of carbonyl (C=O) groups is 1. The number of amidine groups is 1. The van der Waals surface area contributed by atoms with E-state index in [-0.39, 0.29) is 11.8 Å². The lowest BCUT2D eigenvalue weighted by Crippen LogP contribution is -2.38. The van der Waals surface area contributed by atoms with Crippen LogP contribution in [0.1, 0.15) is 70.0 Å². The van der Waals surface area contributed by atoms with Crippen molar-refractivity contribution < 1.29 is 15.0 Å². The number of carboxylic acids is 1. The third-order valence-corrected chi connectivity index (χ3v) is 6.13. The molecular formula is C27H42N6O3. The molecule has 7 N–H and O–H groups in total. The molecule has 2 aromatic rings. The summed E-state index contributed by atoms with van der Waals surface area (Å²) in [6.45, 7) is 15.4. The Morgan fingerprint density at radius 1 is 1.14 bits per heavy atom. The van der Waals surface area contributed by atoms with Gasteiger partial charge in [-0.15, -0.1) is 0 Å². The number of aromatic nitrogens is 1. The van der Waals surface area contributed by atoms with Crippen LogP contribution in [0, 0.1) is 19.3 Å². The summed E-state index contributed by atoms with van der Waals surface area (Å²) in [6, 6.07) is 7.72. The fourth-order valence-electron chi connectivity index (χ4n) is 4.25. The van der Waals surface area contributed by atoms with Gasteiger partial charge in [-0.3, -0.25) is 9.78 Å². The smallest absolute Gasteiger partial charge is 0.307 e. The van der Waals surface area contributed by atoms with E-state index < -0.39 is 11.6 Å². The highest BCUT2D eigenvalue weighted by Crippen LogP contribution is 2.41. The summed E-state index contributed by atoms with van der Waals surface area (Å²) >= 11 is 0. The highest BCUT2D eigenvalue weighted by molar-refractivity contribution is 5.99. The summed E-state index contributed by atoms with van der Waals surface area (Å²) < 4.78 is 0. The molecule has 1 aromatic heterocycles. The van der Waals surface area contributed by atoms with E-state index in [4.69, 9.17) is 21.8 Å². The molecule has 1 aliphatic heterocycles. The second-order valence-electron chi connectivity index (χ2n) is 11.1. The molecule has 0 saturated carbocycles. The minimum Gasteiger partial charge on any atom is -0.481 e. The van der Waals surface area contributed by atoms with Crippen LogP contribution in [0.15, 0.2) is 29.4 Å². The Balaban J connectivity index is 0.000000830. The average molecular weight is 499 g/mol. The molecule has 1 aromatic carbocycles. The van der Waals surface area contributed by atoms with Crippen LogP contribution in [0.2, 0.25) is 0 Å². The van der Waals surface area contributed by atoms with Crippen LogP contribution in [-0.2, 0) is 11.2 Å². The molecule has 0 bridgehead atoms. The summed E-state index contributed by atoms with van der Waals surface area (Å²) in [6.07, 6.45) is 2.05. The molecule has 0 amide bonds. The Labute approximate surface area is 214 Å². The maximum atomic E-state index is 11.7. The molecule has 9 heteroatoms. The quantitative estimate of drug-likeness (QED) is 0.182. The van der Waals surface area contributed by atoms with Gasteiger partial charge in [0.05, 0.1) is 17.7 Å². The maximum absolute atomic E-state index is 11.7. The second-order valence-corrected chi connectivity index (χ2v) is 11.1. The molecule has 9 nitrogen and oxygen atoms in total. The van der Waals surface area contributed by atoms with Crippen LogP contribution in [-0.4, -0.2) is 45.7 Å². The Hall–Kier alpha value is -3.17. The Kier molecular flexibility index (Phi) is 9.45. The first-order valence-electron chi connectivity index (χ1n) is 12.2. The number of aliphatic carboxylic acids is 1.